The molecule has 0 radical (unpaired) electrons. The average molecular weight is 201 g/mol. The molecule has 1 aromatic rings. The Hall–Kier alpha value is -0.800. The fourth-order valence-corrected chi connectivity index (χ4v) is 1.07. The van der Waals surface area contributed by atoms with Gasteiger partial charge >= 0.3 is 0 Å². The van der Waals surface area contributed by atoms with Crippen molar-refractivity contribution >= 4 is 34.6 Å². The number of benzene rings is 1. The molecule has 0 amide bonds. The number of hydrogen-bond acceptors (Lipinski definition) is 1. The second-order valence-electron chi connectivity index (χ2n) is 2.21. The van der Waals surface area contributed by atoms with Crippen molar-refractivity contribution in [2.75, 3.05) is 12.4 Å². The molecule has 2 N–H and O–H groups in total. The first-order chi connectivity index (χ1) is 5.72. The molecule has 12 heavy (non-hydrogen) atoms. The zero-order chi connectivity index (χ0) is 8.97. The maximum Gasteiger partial charge on any atom is 0.170 e. The molecule has 0 aliphatic rings. The Balaban J connectivity index is 2.69. The van der Waals surface area contributed by atoms with Crippen LogP contribution in [-0.2, 0) is 0 Å². The summed E-state index contributed by atoms with van der Waals surface area (Å²) in [6, 6.07) is 7.39. The molecule has 64 valence electrons. The molecular weight excluding hydrogens is 192 g/mol. The Kier molecular flexibility index (Phi) is 3.31. The van der Waals surface area contributed by atoms with Crippen LogP contribution in [0.1, 0.15) is 0 Å². The van der Waals surface area contributed by atoms with Gasteiger partial charge in [0.1, 0.15) is 0 Å². The Morgan fingerprint density at radius 3 is 2.83 bits per heavy atom. The summed E-state index contributed by atoms with van der Waals surface area (Å²) in [6.07, 6.45) is 0. The van der Waals surface area contributed by atoms with Crippen molar-refractivity contribution in [2.24, 2.45) is 0 Å². The van der Waals surface area contributed by atoms with E-state index in [2.05, 4.69) is 10.6 Å². The number of hydrogen-bond donors (Lipinski definition) is 2. The van der Waals surface area contributed by atoms with Gasteiger partial charge in [0.2, 0.25) is 0 Å². The van der Waals surface area contributed by atoms with E-state index in [0.717, 1.165) is 5.69 Å². The third kappa shape index (κ3) is 2.68. The van der Waals surface area contributed by atoms with Crippen LogP contribution in [0.5, 0.6) is 0 Å². The quantitative estimate of drug-likeness (QED) is 0.681. The third-order valence-corrected chi connectivity index (χ3v) is 1.85. The minimum absolute atomic E-state index is 0.581. The minimum Gasteiger partial charge on any atom is -0.366 e. The lowest BCUT2D eigenvalue weighted by Gasteiger charge is -2.06. The first kappa shape index (κ1) is 9.29. The van der Waals surface area contributed by atoms with Crippen LogP contribution in [0.2, 0.25) is 5.02 Å². The van der Waals surface area contributed by atoms with Crippen molar-refractivity contribution in [3.05, 3.63) is 29.3 Å². The van der Waals surface area contributed by atoms with Crippen LogP contribution in [-0.4, -0.2) is 12.2 Å². The van der Waals surface area contributed by atoms with Crippen molar-refractivity contribution in [1.29, 1.82) is 0 Å². The molecule has 1 rings (SSSR count). The monoisotopic (exact) mass is 200 g/mol. The van der Waals surface area contributed by atoms with Gasteiger partial charge in [-0.05, 0) is 30.4 Å². The highest BCUT2D eigenvalue weighted by atomic mass is 35.5. The number of nitrogens with one attached hydrogen (secondary N) is 2. The summed E-state index contributed by atoms with van der Waals surface area (Å²) in [5, 5.41) is 7.05. The largest absolute Gasteiger partial charge is 0.366 e. The van der Waals surface area contributed by atoms with Crippen LogP contribution in [0.3, 0.4) is 0 Å². The van der Waals surface area contributed by atoms with E-state index in [-0.39, 0.29) is 0 Å². The molecule has 1 aromatic carbocycles. The zero-order valence-electron chi connectivity index (χ0n) is 6.60. The number of anilines is 1. The van der Waals surface area contributed by atoms with Gasteiger partial charge in [0, 0.05) is 17.8 Å². The van der Waals surface area contributed by atoms with Crippen LogP contribution in [0, 0.1) is 0 Å². The van der Waals surface area contributed by atoms with E-state index in [4.69, 9.17) is 23.8 Å². The highest BCUT2D eigenvalue weighted by molar-refractivity contribution is 7.80. The highest BCUT2D eigenvalue weighted by Crippen LogP contribution is 2.14. The van der Waals surface area contributed by atoms with E-state index >= 15 is 0 Å². The van der Waals surface area contributed by atoms with E-state index in [0.29, 0.717) is 10.1 Å². The first-order valence-electron chi connectivity index (χ1n) is 3.46. The van der Waals surface area contributed by atoms with E-state index in [1.165, 1.54) is 0 Å². The van der Waals surface area contributed by atoms with Gasteiger partial charge in [0.05, 0.1) is 0 Å². The third-order valence-electron chi connectivity index (χ3n) is 1.31. The van der Waals surface area contributed by atoms with Gasteiger partial charge in [-0.15, -0.1) is 0 Å². The second-order valence-corrected chi connectivity index (χ2v) is 3.06. The lowest BCUT2D eigenvalue weighted by Crippen LogP contribution is -2.23. The average Bonchev–Trinajstić information content (AvgIpc) is 2.04. The SMILES string of the molecule is CNC(=S)Nc1cccc(Cl)c1. The Morgan fingerprint density at radius 2 is 2.25 bits per heavy atom. The van der Waals surface area contributed by atoms with Gasteiger partial charge < -0.3 is 10.6 Å². The van der Waals surface area contributed by atoms with E-state index in [1.54, 1.807) is 7.05 Å². The van der Waals surface area contributed by atoms with Gasteiger partial charge in [-0.2, -0.15) is 0 Å². The summed E-state index contributed by atoms with van der Waals surface area (Å²) >= 11 is 10.7. The van der Waals surface area contributed by atoms with Crippen molar-refractivity contribution in [3.8, 4) is 0 Å². The van der Waals surface area contributed by atoms with Crippen LogP contribution in [0.15, 0.2) is 24.3 Å². The molecule has 4 heteroatoms. The summed E-state index contributed by atoms with van der Waals surface area (Å²) in [7, 11) is 1.76. The maximum atomic E-state index is 5.77. The molecule has 0 saturated heterocycles. The summed E-state index contributed by atoms with van der Waals surface area (Å²) in [5.41, 5.74) is 0.891. The molecule has 2 nitrogen and oxygen atoms in total. The van der Waals surface area contributed by atoms with Crippen LogP contribution in [0.25, 0.3) is 0 Å². The molecule has 0 aliphatic heterocycles. The molecule has 0 fully saturated rings. The van der Waals surface area contributed by atoms with Gasteiger partial charge in [-0.25, -0.2) is 0 Å². The fraction of sp³-hybridized carbons (Fsp3) is 0.125. The number of rotatable bonds is 1. The molecule has 0 saturated carbocycles. The molecule has 0 bridgehead atoms. The van der Waals surface area contributed by atoms with E-state index in [9.17, 15) is 0 Å². The van der Waals surface area contributed by atoms with E-state index < -0.39 is 0 Å². The normalized spacial score (nSPS) is 9.17. The van der Waals surface area contributed by atoms with Crippen LogP contribution < -0.4 is 10.6 Å². The predicted octanol–water partition coefficient (Wildman–Crippen LogP) is 2.26. The lowest BCUT2D eigenvalue weighted by molar-refractivity contribution is 1.20. The standard InChI is InChI=1S/C8H9ClN2S/c1-10-8(12)11-7-4-2-3-6(9)5-7/h2-5H,1H3,(H2,10,11,12). The molecule has 0 aromatic heterocycles. The summed E-state index contributed by atoms with van der Waals surface area (Å²) in [5.74, 6) is 0. The topological polar surface area (TPSA) is 24.1 Å². The fourth-order valence-electron chi connectivity index (χ4n) is 0.760. The van der Waals surface area contributed by atoms with Gasteiger partial charge in [-0.3, -0.25) is 0 Å². The molecule has 0 aliphatic carbocycles. The van der Waals surface area contributed by atoms with Gasteiger partial charge in [0.25, 0.3) is 0 Å². The molecule has 0 heterocycles. The van der Waals surface area contributed by atoms with E-state index in [1.807, 2.05) is 24.3 Å². The summed E-state index contributed by atoms with van der Waals surface area (Å²) < 4.78 is 0. The smallest absolute Gasteiger partial charge is 0.170 e. The maximum absolute atomic E-state index is 5.77. The van der Waals surface area contributed by atoms with Gasteiger partial charge in [-0.1, -0.05) is 17.7 Å². The Labute approximate surface area is 81.9 Å². The van der Waals surface area contributed by atoms with Crippen LogP contribution >= 0.6 is 23.8 Å². The Bertz CT molecular complexity index is 288. The molecule has 0 atom stereocenters. The second kappa shape index (κ2) is 4.28. The summed E-state index contributed by atoms with van der Waals surface area (Å²) in [4.78, 5) is 0. The van der Waals surface area contributed by atoms with Crippen molar-refractivity contribution in [2.45, 2.75) is 0 Å². The molecule has 0 unspecified atom stereocenters. The minimum atomic E-state index is 0.581. The molecular formula is C8H9ClN2S. The predicted molar refractivity (Wildman–Crippen MR) is 56.7 cm³/mol. The van der Waals surface area contributed by atoms with Crippen LogP contribution in [0.4, 0.5) is 5.69 Å². The Morgan fingerprint density at radius 1 is 1.50 bits per heavy atom. The number of halogens is 1. The van der Waals surface area contributed by atoms with Crippen molar-refractivity contribution < 1.29 is 0 Å². The van der Waals surface area contributed by atoms with Crippen molar-refractivity contribution in [3.63, 3.8) is 0 Å². The summed E-state index contributed by atoms with van der Waals surface area (Å²) in [6.45, 7) is 0. The zero-order valence-corrected chi connectivity index (χ0v) is 8.17. The van der Waals surface area contributed by atoms with Crippen molar-refractivity contribution in [1.82, 2.24) is 5.32 Å². The number of thiocarbonyl (C=S) groups is 1. The lowest BCUT2D eigenvalue weighted by atomic mass is 10.3. The van der Waals surface area contributed by atoms with Gasteiger partial charge in [0.15, 0.2) is 5.11 Å². The highest BCUT2D eigenvalue weighted by Gasteiger charge is 1.94. The first-order valence-corrected chi connectivity index (χ1v) is 4.25. The molecule has 0 spiro atoms.